The zero-order valence-electron chi connectivity index (χ0n) is 23.0. The number of pyridine rings is 1. The van der Waals surface area contributed by atoms with Crippen molar-refractivity contribution in [2.24, 2.45) is 14.1 Å². The van der Waals surface area contributed by atoms with Gasteiger partial charge in [-0.15, -0.1) is 0 Å². The molecule has 0 atom stereocenters. The van der Waals surface area contributed by atoms with E-state index in [0.29, 0.717) is 40.3 Å². The quantitative estimate of drug-likeness (QED) is 0.263. The number of methoxy groups -OCH3 is 2. The number of halogens is 1. The van der Waals surface area contributed by atoms with E-state index in [0.717, 1.165) is 12.5 Å². The highest BCUT2D eigenvalue weighted by molar-refractivity contribution is 6.05. The molecule has 0 saturated carbocycles. The molecule has 0 aliphatic heterocycles. The molecule has 0 fully saturated rings. The molecule has 0 aliphatic carbocycles. The molecule has 9 nitrogen and oxygen atoms in total. The summed E-state index contributed by atoms with van der Waals surface area (Å²) < 4.78 is 34.7. The Balaban J connectivity index is 1.57. The number of fused-ring (bicyclic) bond motifs is 1. The van der Waals surface area contributed by atoms with Crippen LogP contribution in [-0.4, -0.2) is 34.5 Å². The van der Waals surface area contributed by atoms with Gasteiger partial charge in [0, 0.05) is 49.9 Å². The molecule has 2 heterocycles. The van der Waals surface area contributed by atoms with Crippen LogP contribution in [0.3, 0.4) is 0 Å². The Hall–Kier alpha value is -4.86. The Labute approximate surface area is 231 Å². The minimum absolute atomic E-state index is 0.00838. The first-order valence-corrected chi connectivity index (χ1v) is 12.6. The summed E-state index contributed by atoms with van der Waals surface area (Å²) in [6.45, 7) is 1.94. The molecule has 2 aromatic carbocycles. The number of hydrogen-bond donors (Lipinski definition) is 1. The summed E-state index contributed by atoms with van der Waals surface area (Å²) >= 11 is 0. The third kappa shape index (κ3) is 5.75. The van der Waals surface area contributed by atoms with Crippen molar-refractivity contribution >= 4 is 22.5 Å². The number of nitrogens with zero attached hydrogens (tertiary/aromatic N) is 3. The van der Waals surface area contributed by atoms with Crippen LogP contribution in [0, 0.1) is 5.82 Å². The number of nitrogens with one attached hydrogen (secondary N) is 1. The van der Waals surface area contributed by atoms with Crippen LogP contribution in [0.1, 0.15) is 29.4 Å². The Morgan fingerprint density at radius 3 is 2.42 bits per heavy atom. The van der Waals surface area contributed by atoms with Crippen LogP contribution in [0.2, 0.25) is 0 Å². The summed E-state index contributed by atoms with van der Waals surface area (Å²) in [6, 6.07) is 9.08. The summed E-state index contributed by atoms with van der Waals surface area (Å²) in [7, 11) is 6.35. The molecule has 0 radical (unpaired) electrons. The van der Waals surface area contributed by atoms with Gasteiger partial charge < -0.3 is 19.5 Å². The van der Waals surface area contributed by atoms with Gasteiger partial charge in [-0.3, -0.25) is 23.9 Å². The van der Waals surface area contributed by atoms with E-state index in [9.17, 15) is 9.59 Å². The largest absolute Gasteiger partial charge is 0.493 e. The second kappa shape index (κ2) is 12.3. The maximum atomic E-state index is 15.1. The minimum atomic E-state index is -0.698. The molecule has 0 spiro atoms. The van der Waals surface area contributed by atoms with Crippen LogP contribution < -0.4 is 25.1 Å². The number of aromatic nitrogens is 3. The molecule has 0 unspecified atom stereocenters. The van der Waals surface area contributed by atoms with E-state index in [2.05, 4.69) is 10.3 Å². The fraction of sp³-hybridized carbons (Fsp3) is 0.233. The van der Waals surface area contributed by atoms with Crippen molar-refractivity contribution in [1.29, 1.82) is 0 Å². The number of allylic oxidation sites excluding steroid dienone is 4. The van der Waals surface area contributed by atoms with Crippen molar-refractivity contribution < 1.29 is 23.4 Å². The number of ether oxygens (including phenoxy) is 3. The van der Waals surface area contributed by atoms with Crippen LogP contribution in [0.25, 0.3) is 10.9 Å². The van der Waals surface area contributed by atoms with Gasteiger partial charge in [0.2, 0.25) is 0 Å². The van der Waals surface area contributed by atoms with Crippen LogP contribution in [0.15, 0.2) is 71.7 Å². The molecule has 40 heavy (non-hydrogen) atoms. The van der Waals surface area contributed by atoms with Crippen molar-refractivity contribution in [1.82, 2.24) is 14.3 Å². The lowest BCUT2D eigenvalue weighted by Gasteiger charge is -2.13. The monoisotopic (exact) mass is 546 g/mol. The van der Waals surface area contributed by atoms with Crippen molar-refractivity contribution in [2.75, 3.05) is 19.5 Å². The van der Waals surface area contributed by atoms with Gasteiger partial charge in [0.25, 0.3) is 11.5 Å². The maximum Gasteiger partial charge on any atom is 0.279 e. The lowest BCUT2D eigenvalue weighted by molar-refractivity contribution is 0.102. The molecule has 4 rings (SSSR count). The summed E-state index contributed by atoms with van der Waals surface area (Å²) in [5.41, 5.74) is 0.888. The standard InChI is InChI=1S/C30H31FN4O5/c1-6-7-8-9-10-11-23-28(30(37)35(3)34(23)2)29(36)33-19-12-13-25(21(31)16-19)40-24-14-15-32-22-18-27(39-5)26(38-4)17-20(22)24/h6-7,9-10,12-18H,8,11H2,1-5H3,(H,33,36)/b7-6-,10-9-. The number of carbonyl (C=O) groups excluding carboxylic acids is 1. The molecule has 4 aromatic rings. The van der Waals surface area contributed by atoms with Crippen LogP contribution >= 0.6 is 0 Å². The Morgan fingerprint density at radius 1 is 0.975 bits per heavy atom. The van der Waals surface area contributed by atoms with Gasteiger partial charge in [0.1, 0.15) is 11.3 Å². The lowest BCUT2D eigenvalue weighted by atomic mass is 10.1. The summed E-state index contributed by atoms with van der Waals surface area (Å²) in [4.78, 5) is 30.3. The highest BCUT2D eigenvalue weighted by Crippen LogP contribution is 2.37. The lowest BCUT2D eigenvalue weighted by Crippen LogP contribution is -2.24. The van der Waals surface area contributed by atoms with E-state index in [1.54, 1.807) is 43.2 Å². The molecule has 0 bridgehead atoms. The van der Waals surface area contributed by atoms with E-state index in [-0.39, 0.29) is 17.0 Å². The average Bonchev–Trinajstić information content (AvgIpc) is 3.16. The van der Waals surface area contributed by atoms with Gasteiger partial charge in [0.05, 0.1) is 25.4 Å². The van der Waals surface area contributed by atoms with Gasteiger partial charge in [-0.2, -0.15) is 0 Å². The number of anilines is 1. The second-order valence-corrected chi connectivity index (χ2v) is 8.89. The summed E-state index contributed by atoms with van der Waals surface area (Å²) in [5, 5.41) is 3.24. The molecule has 1 N–H and O–H groups in total. The topological polar surface area (TPSA) is 96.6 Å². The molecule has 0 aliphatic rings. The maximum absolute atomic E-state index is 15.1. The zero-order valence-corrected chi connectivity index (χ0v) is 23.0. The van der Waals surface area contributed by atoms with Crippen molar-refractivity contribution in [2.45, 2.75) is 19.8 Å². The van der Waals surface area contributed by atoms with E-state index in [4.69, 9.17) is 14.2 Å². The number of hydrogen-bond acceptors (Lipinski definition) is 6. The van der Waals surface area contributed by atoms with Gasteiger partial charge >= 0.3 is 0 Å². The van der Waals surface area contributed by atoms with Crippen molar-refractivity contribution in [3.05, 3.63) is 94.3 Å². The van der Waals surface area contributed by atoms with E-state index < -0.39 is 17.3 Å². The number of rotatable bonds is 10. The SMILES string of the molecule is C/C=C\C/C=C\Cc1c(C(=O)Nc2ccc(Oc3ccnc4cc(OC)c(OC)cc34)c(F)c2)c(=O)n(C)n1C. The fourth-order valence-electron chi connectivity index (χ4n) is 4.24. The second-order valence-electron chi connectivity index (χ2n) is 8.89. The highest BCUT2D eigenvalue weighted by Gasteiger charge is 2.22. The predicted molar refractivity (Wildman–Crippen MR) is 152 cm³/mol. The van der Waals surface area contributed by atoms with Crippen LogP contribution in [0.5, 0.6) is 23.0 Å². The van der Waals surface area contributed by atoms with E-state index in [1.807, 2.05) is 31.2 Å². The summed E-state index contributed by atoms with van der Waals surface area (Å²) in [5.74, 6) is -0.0221. The molecule has 0 saturated heterocycles. The Bertz CT molecular complexity index is 1670. The highest BCUT2D eigenvalue weighted by atomic mass is 19.1. The molecular formula is C30H31FN4O5. The third-order valence-corrected chi connectivity index (χ3v) is 6.47. The molecule has 1 amide bonds. The van der Waals surface area contributed by atoms with E-state index >= 15 is 4.39 Å². The molecule has 10 heteroatoms. The minimum Gasteiger partial charge on any atom is -0.493 e. The molecular weight excluding hydrogens is 515 g/mol. The van der Waals surface area contributed by atoms with Gasteiger partial charge in [-0.05, 0) is 37.6 Å². The third-order valence-electron chi connectivity index (χ3n) is 6.47. The smallest absolute Gasteiger partial charge is 0.279 e. The van der Waals surface area contributed by atoms with Crippen LogP contribution in [0.4, 0.5) is 10.1 Å². The van der Waals surface area contributed by atoms with Gasteiger partial charge in [-0.1, -0.05) is 24.3 Å². The normalized spacial score (nSPS) is 11.4. The fourth-order valence-corrected chi connectivity index (χ4v) is 4.24. The first-order valence-electron chi connectivity index (χ1n) is 12.6. The number of amides is 1. The molecule has 208 valence electrons. The first kappa shape index (κ1) is 28.2. The summed E-state index contributed by atoms with van der Waals surface area (Å²) in [6.07, 6.45) is 10.5. The van der Waals surface area contributed by atoms with Gasteiger partial charge in [-0.25, -0.2) is 4.39 Å². The van der Waals surface area contributed by atoms with Crippen molar-refractivity contribution in [3.8, 4) is 23.0 Å². The number of benzene rings is 2. The Morgan fingerprint density at radius 2 is 1.73 bits per heavy atom. The van der Waals surface area contributed by atoms with Crippen LogP contribution in [-0.2, 0) is 20.5 Å². The number of carbonyl (C=O) groups is 1. The zero-order chi connectivity index (χ0) is 28.8. The molecule has 2 aromatic heterocycles. The Kier molecular flexibility index (Phi) is 8.68. The average molecular weight is 547 g/mol. The van der Waals surface area contributed by atoms with Crippen molar-refractivity contribution in [3.63, 3.8) is 0 Å². The van der Waals surface area contributed by atoms with Gasteiger partial charge in [0.15, 0.2) is 23.1 Å². The van der Waals surface area contributed by atoms with E-state index in [1.165, 1.54) is 31.0 Å². The first-order chi connectivity index (χ1) is 19.3. The predicted octanol–water partition coefficient (Wildman–Crippen LogP) is 5.54.